The van der Waals surface area contributed by atoms with Crippen molar-refractivity contribution in [3.8, 4) is 0 Å². The third-order valence-electron chi connectivity index (χ3n) is 3.53. The van der Waals surface area contributed by atoms with Gasteiger partial charge in [0.25, 0.3) is 0 Å². The molecule has 4 nitrogen and oxygen atoms in total. The number of hydrogen-bond acceptors (Lipinski definition) is 4. The van der Waals surface area contributed by atoms with Gasteiger partial charge in [0.2, 0.25) is 0 Å². The summed E-state index contributed by atoms with van der Waals surface area (Å²) in [6, 6.07) is 11.7. The molecule has 2 aromatic rings. The molecule has 0 aromatic heterocycles. The molecule has 0 aliphatic carbocycles. The molecular formula is C18H24N4. The lowest BCUT2D eigenvalue weighted by Gasteiger charge is -2.11. The molecule has 0 heterocycles. The second-order valence-electron chi connectivity index (χ2n) is 5.64. The summed E-state index contributed by atoms with van der Waals surface area (Å²) in [5.74, 6) is 0. The molecule has 4 heteroatoms. The first-order valence-electron chi connectivity index (χ1n) is 7.34. The fraction of sp³-hybridized carbons (Fsp3) is 0.222. The van der Waals surface area contributed by atoms with Crippen LogP contribution in [0, 0.1) is 13.8 Å². The molecule has 0 atom stereocenters. The van der Waals surface area contributed by atoms with E-state index in [2.05, 4.69) is 17.6 Å². The van der Waals surface area contributed by atoms with Crippen LogP contribution in [0.15, 0.2) is 48.2 Å². The van der Waals surface area contributed by atoms with E-state index in [0.717, 1.165) is 40.4 Å². The van der Waals surface area contributed by atoms with Gasteiger partial charge in [0.15, 0.2) is 0 Å². The Morgan fingerprint density at radius 2 is 1.50 bits per heavy atom. The van der Waals surface area contributed by atoms with E-state index in [1.165, 1.54) is 5.57 Å². The average Bonchev–Trinajstić information content (AvgIpc) is 2.45. The standard InChI is InChI=1S/C18H24N4/c1-12(10-21-17-6-4-15(19)8-13(17)2)11-22-18-7-5-16(20)9-14(18)3/h4-10,21-22H,11,19-20H2,1-3H3/b12-10+. The maximum Gasteiger partial charge on any atom is 0.0410 e. The molecule has 0 aliphatic rings. The first-order valence-corrected chi connectivity index (χ1v) is 7.34. The van der Waals surface area contributed by atoms with Gasteiger partial charge in [-0.1, -0.05) is 0 Å². The highest BCUT2D eigenvalue weighted by Crippen LogP contribution is 2.19. The van der Waals surface area contributed by atoms with Gasteiger partial charge >= 0.3 is 0 Å². The molecule has 116 valence electrons. The van der Waals surface area contributed by atoms with Crippen molar-refractivity contribution in [1.29, 1.82) is 0 Å². The second kappa shape index (κ2) is 6.89. The van der Waals surface area contributed by atoms with Crippen LogP contribution < -0.4 is 22.1 Å². The Labute approximate surface area is 132 Å². The molecule has 0 fully saturated rings. The zero-order valence-electron chi connectivity index (χ0n) is 13.4. The Kier molecular flexibility index (Phi) is 4.94. The van der Waals surface area contributed by atoms with Gasteiger partial charge in [0.05, 0.1) is 0 Å². The first kappa shape index (κ1) is 15.8. The predicted octanol–water partition coefficient (Wildman–Crippen LogP) is 3.90. The van der Waals surface area contributed by atoms with Crippen LogP contribution in [-0.2, 0) is 0 Å². The van der Waals surface area contributed by atoms with Crippen molar-refractivity contribution < 1.29 is 0 Å². The number of nitrogens with one attached hydrogen (secondary N) is 2. The largest absolute Gasteiger partial charge is 0.399 e. The summed E-state index contributed by atoms with van der Waals surface area (Å²) >= 11 is 0. The lowest BCUT2D eigenvalue weighted by atomic mass is 10.1. The van der Waals surface area contributed by atoms with Crippen LogP contribution in [0.5, 0.6) is 0 Å². The molecule has 0 saturated heterocycles. The Hall–Kier alpha value is -2.62. The summed E-state index contributed by atoms with van der Waals surface area (Å²) in [5.41, 5.74) is 18.7. The first-order chi connectivity index (χ1) is 10.5. The summed E-state index contributed by atoms with van der Waals surface area (Å²) in [6.45, 7) is 6.94. The highest BCUT2D eigenvalue weighted by Gasteiger charge is 1.99. The van der Waals surface area contributed by atoms with E-state index >= 15 is 0 Å². The summed E-state index contributed by atoms with van der Waals surface area (Å²) < 4.78 is 0. The SMILES string of the molecule is C/C(=C\Nc1ccc(N)cc1C)CNc1ccc(N)cc1C. The number of nitrogen functional groups attached to an aromatic ring is 2. The van der Waals surface area contributed by atoms with Crippen molar-refractivity contribution in [2.24, 2.45) is 0 Å². The van der Waals surface area contributed by atoms with Crippen LogP contribution in [-0.4, -0.2) is 6.54 Å². The Balaban J connectivity index is 1.95. The van der Waals surface area contributed by atoms with Crippen LogP contribution in [0.25, 0.3) is 0 Å². The molecule has 0 saturated carbocycles. The van der Waals surface area contributed by atoms with Gasteiger partial charge in [-0.05, 0) is 73.9 Å². The van der Waals surface area contributed by atoms with Crippen molar-refractivity contribution in [2.45, 2.75) is 20.8 Å². The van der Waals surface area contributed by atoms with Gasteiger partial charge in [-0.2, -0.15) is 0 Å². The molecule has 0 amide bonds. The average molecular weight is 296 g/mol. The minimum atomic E-state index is 0.770. The molecule has 2 rings (SSSR count). The lowest BCUT2D eigenvalue weighted by Crippen LogP contribution is -2.06. The minimum absolute atomic E-state index is 0.770. The summed E-state index contributed by atoms with van der Waals surface area (Å²) in [5, 5.41) is 6.74. The van der Waals surface area contributed by atoms with Crippen LogP contribution in [0.2, 0.25) is 0 Å². The topological polar surface area (TPSA) is 76.1 Å². The maximum atomic E-state index is 5.76. The summed E-state index contributed by atoms with van der Waals surface area (Å²) in [6.07, 6.45) is 2.01. The van der Waals surface area contributed by atoms with E-state index in [9.17, 15) is 0 Å². The van der Waals surface area contributed by atoms with Crippen molar-refractivity contribution >= 4 is 22.7 Å². The van der Waals surface area contributed by atoms with E-state index in [-0.39, 0.29) is 0 Å². The Morgan fingerprint density at radius 1 is 0.955 bits per heavy atom. The third-order valence-corrected chi connectivity index (χ3v) is 3.53. The van der Waals surface area contributed by atoms with Crippen molar-refractivity contribution in [3.05, 3.63) is 59.3 Å². The molecule has 0 aliphatic heterocycles. The monoisotopic (exact) mass is 296 g/mol. The van der Waals surface area contributed by atoms with E-state index in [0.29, 0.717) is 0 Å². The molecule has 0 unspecified atom stereocenters. The maximum absolute atomic E-state index is 5.76. The number of anilines is 4. The molecular weight excluding hydrogens is 272 g/mol. The minimum Gasteiger partial charge on any atom is -0.399 e. The van der Waals surface area contributed by atoms with E-state index < -0.39 is 0 Å². The molecule has 0 bridgehead atoms. The molecule has 0 spiro atoms. The van der Waals surface area contributed by atoms with Crippen LogP contribution in [0.1, 0.15) is 18.1 Å². The summed E-state index contributed by atoms with van der Waals surface area (Å²) in [7, 11) is 0. The number of rotatable bonds is 5. The fourth-order valence-electron chi connectivity index (χ4n) is 2.22. The molecule has 6 N–H and O–H groups in total. The van der Waals surface area contributed by atoms with Crippen LogP contribution in [0.3, 0.4) is 0 Å². The van der Waals surface area contributed by atoms with Gasteiger partial charge in [-0.25, -0.2) is 0 Å². The van der Waals surface area contributed by atoms with Gasteiger partial charge in [0.1, 0.15) is 0 Å². The Morgan fingerprint density at radius 3 is 2.05 bits per heavy atom. The number of hydrogen-bond donors (Lipinski definition) is 4. The quantitative estimate of drug-likeness (QED) is 0.631. The van der Waals surface area contributed by atoms with E-state index in [4.69, 9.17) is 11.5 Å². The molecule has 0 radical (unpaired) electrons. The zero-order chi connectivity index (χ0) is 16.1. The van der Waals surface area contributed by atoms with Crippen molar-refractivity contribution in [1.82, 2.24) is 0 Å². The fourth-order valence-corrected chi connectivity index (χ4v) is 2.22. The van der Waals surface area contributed by atoms with Gasteiger partial charge in [-0.15, -0.1) is 0 Å². The van der Waals surface area contributed by atoms with Gasteiger partial charge < -0.3 is 22.1 Å². The van der Waals surface area contributed by atoms with Crippen molar-refractivity contribution in [2.75, 3.05) is 28.6 Å². The number of benzene rings is 2. The highest BCUT2D eigenvalue weighted by atomic mass is 14.9. The van der Waals surface area contributed by atoms with Crippen molar-refractivity contribution in [3.63, 3.8) is 0 Å². The summed E-state index contributed by atoms with van der Waals surface area (Å²) in [4.78, 5) is 0. The highest BCUT2D eigenvalue weighted by molar-refractivity contribution is 5.60. The Bertz CT molecular complexity index is 689. The van der Waals surface area contributed by atoms with Crippen LogP contribution in [0.4, 0.5) is 22.7 Å². The normalized spacial score (nSPS) is 11.3. The van der Waals surface area contributed by atoms with E-state index in [1.54, 1.807) is 0 Å². The van der Waals surface area contributed by atoms with Crippen LogP contribution >= 0.6 is 0 Å². The smallest absolute Gasteiger partial charge is 0.0410 e. The molecule has 2 aromatic carbocycles. The third kappa shape index (κ3) is 4.19. The van der Waals surface area contributed by atoms with E-state index in [1.807, 2.05) is 56.4 Å². The lowest BCUT2D eigenvalue weighted by molar-refractivity contribution is 1.18. The van der Waals surface area contributed by atoms with Gasteiger partial charge in [-0.3, -0.25) is 0 Å². The second-order valence-corrected chi connectivity index (χ2v) is 5.64. The predicted molar refractivity (Wildman–Crippen MR) is 97.1 cm³/mol. The number of nitrogens with two attached hydrogens (primary N) is 2. The number of aryl methyl sites for hydroxylation is 2. The zero-order valence-corrected chi connectivity index (χ0v) is 13.4. The van der Waals surface area contributed by atoms with Gasteiger partial charge in [0, 0.05) is 35.5 Å². The molecule has 22 heavy (non-hydrogen) atoms.